The highest BCUT2D eigenvalue weighted by Crippen LogP contribution is 2.25. The van der Waals surface area contributed by atoms with Gasteiger partial charge in [0.1, 0.15) is 30.2 Å². The summed E-state index contributed by atoms with van der Waals surface area (Å²) in [6.07, 6.45) is 1.99. The molecule has 0 aliphatic heterocycles. The Labute approximate surface area is 336 Å². The van der Waals surface area contributed by atoms with Crippen molar-refractivity contribution in [3.05, 3.63) is 0 Å². The summed E-state index contributed by atoms with van der Waals surface area (Å²) in [6.45, 7) is 7.86. The molecule has 21 heteroatoms. The van der Waals surface area contributed by atoms with Crippen LogP contribution >= 0.6 is 12.6 Å². The van der Waals surface area contributed by atoms with Crippen molar-refractivity contribution in [3.8, 4) is 0 Å². The molecule has 6 atom stereocenters. The zero-order valence-corrected chi connectivity index (χ0v) is 33.8. The maximum Gasteiger partial charge on any atom is 0.327 e. The average molecular weight is 831 g/mol. The van der Waals surface area contributed by atoms with Crippen molar-refractivity contribution in [2.24, 2.45) is 17.8 Å². The van der Waals surface area contributed by atoms with Gasteiger partial charge in [-0.1, -0.05) is 53.4 Å². The highest BCUT2D eigenvalue weighted by molar-refractivity contribution is 7.80. The molecule has 0 radical (unpaired) electrons. The molecule has 0 saturated heterocycles. The Hall–Kier alpha value is -4.95. The molecular weight excluding hydrogens is 772 g/mol. The van der Waals surface area contributed by atoms with Crippen molar-refractivity contribution in [3.63, 3.8) is 0 Å². The van der Waals surface area contributed by atoms with E-state index in [1.165, 1.54) is 4.90 Å². The predicted molar refractivity (Wildman–Crippen MR) is 205 cm³/mol. The molecule has 6 amide bonds. The number of rotatable bonds is 25. The van der Waals surface area contributed by atoms with Gasteiger partial charge >= 0.3 is 23.9 Å². The van der Waals surface area contributed by atoms with Crippen LogP contribution in [-0.2, 0) is 47.9 Å². The van der Waals surface area contributed by atoms with E-state index < -0.39 is 114 Å². The minimum atomic E-state index is -2.23. The molecule has 0 unspecified atom stereocenters. The van der Waals surface area contributed by atoms with E-state index in [-0.39, 0.29) is 37.1 Å². The number of carbonyl (C=O) groups is 10. The molecule has 0 bridgehead atoms. The van der Waals surface area contributed by atoms with Crippen LogP contribution in [0.25, 0.3) is 0 Å². The summed E-state index contributed by atoms with van der Waals surface area (Å²) in [5, 5.41) is 49.5. The van der Waals surface area contributed by atoms with Crippen molar-refractivity contribution in [1.82, 2.24) is 31.5 Å². The molecular formula is C36H58N6O14S. The number of hydrogen-bond donors (Lipinski definition) is 10. The van der Waals surface area contributed by atoms with Gasteiger partial charge in [-0.05, 0) is 31.1 Å². The molecule has 0 heterocycles. The largest absolute Gasteiger partial charge is 0.481 e. The number of carbonyl (C=O) groups excluding carboxylic acids is 6. The molecule has 1 aliphatic carbocycles. The molecule has 322 valence electrons. The predicted octanol–water partition coefficient (Wildman–Crippen LogP) is -0.261. The number of amides is 6. The van der Waals surface area contributed by atoms with E-state index in [0.29, 0.717) is 19.3 Å². The quantitative estimate of drug-likeness (QED) is 0.0419. The first kappa shape index (κ1) is 50.1. The minimum absolute atomic E-state index is 0.0448. The summed E-state index contributed by atoms with van der Waals surface area (Å²) in [4.78, 5) is 128. The summed E-state index contributed by atoms with van der Waals surface area (Å²) in [5.74, 6) is -14.8. The van der Waals surface area contributed by atoms with Crippen LogP contribution in [0.4, 0.5) is 0 Å². The fourth-order valence-electron chi connectivity index (χ4n) is 6.31. The lowest BCUT2D eigenvalue weighted by Crippen LogP contribution is -2.60. The van der Waals surface area contributed by atoms with Crippen LogP contribution in [0.1, 0.15) is 98.8 Å². The van der Waals surface area contributed by atoms with Crippen LogP contribution in [0.5, 0.6) is 0 Å². The molecule has 0 aromatic carbocycles. The molecule has 1 saturated carbocycles. The summed E-state index contributed by atoms with van der Waals surface area (Å²) in [6, 6.07) is -7.80. The zero-order valence-electron chi connectivity index (χ0n) is 32.9. The Balaban J connectivity index is 3.51. The first-order valence-corrected chi connectivity index (χ1v) is 19.6. The fraction of sp³-hybridized carbons (Fsp3) is 0.722. The van der Waals surface area contributed by atoms with Gasteiger partial charge in [0.25, 0.3) is 0 Å². The maximum atomic E-state index is 14.4. The summed E-state index contributed by atoms with van der Waals surface area (Å²) >= 11 is 3.96. The molecule has 57 heavy (non-hydrogen) atoms. The van der Waals surface area contributed by atoms with E-state index in [9.17, 15) is 68.4 Å². The van der Waals surface area contributed by atoms with Gasteiger partial charge in [-0.2, -0.15) is 12.6 Å². The molecule has 0 aromatic rings. The van der Waals surface area contributed by atoms with Crippen molar-refractivity contribution in [2.75, 3.05) is 12.3 Å². The van der Waals surface area contributed by atoms with Gasteiger partial charge in [-0.25, -0.2) is 4.79 Å². The highest BCUT2D eigenvalue weighted by atomic mass is 32.1. The van der Waals surface area contributed by atoms with Gasteiger partial charge < -0.3 is 51.9 Å². The van der Waals surface area contributed by atoms with Gasteiger partial charge in [-0.3, -0.25) is 43.2 Å². The minimum Gasteiger partial charge on any atom is -0.481 e. The Morgan fingerprint density at radius 2 is 1.21 bits per heavy atom. The average Bonchev–Trinajstić information content (AvgIpc) is 3.12. The lowest BCUT2D eigenvalue weighted by molar-refractivity contribution is -0.155. The van der Waals surface area contributed by atoms with Crippen molar-refractivity contribution < 1.29 is 68.4 Å². The van der Waals surface area contributed by atoms with Crippen LogP contribution in [0, 0.1) is 17.8 Å². The molecule has 1 rings (SSSR count). The second-order valence-electron chi connectivity index (χ2n) is 14.7. The molecule has 0 spiro atoms. The third kappa shape index (κ3) is 17.4. The second kappa shape index (κ2) is 24.6. The van der Waals surface area contributed by atoms with Crippen LogP contribution in [0.15, 0.2) is 0 Å². The third-order valence-electron chi connectivity index (χ3n) is 9.58. The van der Waals surface area contributed by atoms with Gasteiger partial charge in [0.05, 0.1) is 6.42 Å². The number of nitrogens with zero attached hydrogens (tertiary/aromatic N) is 1. The zero-order chi connectivity index (χ0) is 43.6. The normalized spacial score (nSPS) is 16.1. The van der Waals surface area contributed by atoms with E-state index in [2.05, 4.69) is 39.2 Å². The summed E-state index contributed by atoms with van der Waals surface area (Å²) in [7, 11) is 0. The first-order chi connectivity index (χ1) is 26.6. The summed E-state index contributed by atoms with van der Waals surface area (Å²) < 4.78 is 0. The standard InChI is InChI=1S/C36H58N6O14S/c1-6-19(4)29(33(50)42(21-10-8-7-9-11-21)13-12-27(44)38-26(17-57)36(55)56)41-32(49)23(14-18(2)3)39-30(47)24(15-22(34(51)52)35(53)54)40-31(48)25(16-28(45)46)37-20(5)43/h18-19,21-26,29,57H,6-17H2,1-5H3,(H,37,43)(H,38,44)(H,39,47)(H,40,48)(H,41,49)(H,45,46)(H,51,52)(H,53,54)(H,55,56)/t19-,23-,24+,25-,26-,29-/m0/s1. The third-order valence-corrected chi connectivity index (χ3v) is 9.95. The van der Waals surface area contributed by atoms with Crippen LogP contribution in [-0.4, -0.2) is 133 Å². The van der Waals surface area contributed by atoms with Gasteiger partial charge in [0, 0.05) is 38.1 Å². The van der Waals surface area contributed by atoms with Gasteiger partial charge in [0.15, 0.2) is 5.92 Å². The van der Waals surface area contributed by atoms with Crippen molar-refractivity contribution in [2.45, 2.75) is 135 Å². The number of hydrogen-bond acceptors (Lipinski definition) is 11. The van der Waals surface area contributed by atoms with E-state index in [1.54, 1.807) is 27.7 Å². The highest BCUT2D eigenvalue weighted by Gasteiger charge is 2.39. The van der Waals surface area contributed by atoms with Crippen LogP contribution in [0.3, 0.4) is 0 Å². The van der Waals surface area contributed by atoms with Crippen molar-refractivity contribution in [1.29, 1.82) is 0 Å². The molecule has 9 N–H and O–H groups in total. The van der Waals surface area contributed by atoms with Crippen LogP contribution < -0.4 is 26.6 Å². The topological polar surface area (TPSA) is 315 Å². The van der Waals surface area contributed by atoms with Crippen LogP contribution in [0.2, 0.25) is 0 Å². The lowest BCUT2D eigenvalue weighted by atomic mass is 9.91. The Morgan fingerprint density at radius 1 is 0.684 bits per heavy atom. The first-order valence-electron chi connectivity index (χ1n) is 18.9. The Bertz CT molecular complexity index is 1440. The van der Waals surface area contributed by atoms with E-state index in [0.717, 1.165) is 26.2 Å². The van der Waals surface area contributed by atoms with Gasteiger partial charge in [0.2, 0.25) is 35.4 Å². The second-order valence-corrected chi connectivity index (χ2v) is 15.0. The number of carboxylic acid groups (broad SMARTS) is 4. The maximum absolute atomic E-state index is 14.4. The molecule has 1 aliphatic rings. The van der Waals surface area contributed by atoms with E-state index in [1.807, 2.05) is 0 Å². The summed E-state index contributed by atoms with van der Waals surface area (Å²) in [5.41, 5.74) is 0. The number of aliphatic carboxylic acids is 4. The fourth-order valence-corrected chi connectivity index (χ4v) is 6.55. The Kier molecular flexibility index (Phi) is 21.6. The lowest BCUT2D eigenvalue weighted by Gasteiger charge is -2.38. The van der Waals surface area contributed by atoms with E-state index >= 15 is 0 Å². The molecule has 0 aromatic heterocycles. The number of nitrogens with one attached hydrogen (secondary N) is 5. The Morgan fingerprint density at radius 3 is 1.67 bits per heavy atom. The monoisotopic (exact) mass is 830 g/mol. The smallest absolute Gasteiger partial charge is 0.327 e. The number of thiol groups is 1. The molecule has 1 fully saturated rings. The number of carboxylic acids is 4. The van der Waals surface area contributed by atoms with E-state index in [4.69, 9.17) is 0 Å². The van der Waals surface area contributed by atoms with Gasteiger partial charge in [-0.15, -0.1) is 0 Å². The SMILES string of the molecule is CC[C@H](C)[C@H](NC(=O)[C@H](CC(C)C)NC(=O)[C@@H](CC(C(=O)O)C(=O)O)NC(=O)[C@H](CC(=O)O)NC(C)=O)C(=O)N(CCC(=O)N[C@@H](CS)C(=O)O)C1CCCCC1. The molecule has 20 nitrogen and oxygen atoms in total. The van der Waals surface area contributed by atoms with Crippen molar-refractivity contribution >= 4 is 71.9 Å².